The minimum Gasteiger partial charge on any atom is -0.359 e. The second-order valence-corrected chi connectivity index (χ2v) is 6.07. The largest absolute Gasteiger partial charge is 0.359 e. The fourth-order valence-electron chi connectivity index (χ4n) is 3.31. The van der Waals surface area contributed by atoms with E-state index in [0.717, 1.165) is 27.7 Å². The van der Waals surface area contributed by atoms with Gasteiger partial charge in [0.2, 0.25) is 0 Å². The Morgan fingerprint density at radius 2 is 1.72 bits per heavy atom. The Kier molecular flexibility index (Phi) is 3.54. The van der Waals surface area contributed by atoms with Gasteiger partial charge in [-0.15, -0.1) is 0 Å². The molecular formula is C19H18N4O2. The van der Waals surface area contributed by atoms with Gasteiger partial charge in [-0.25, -0.2) is 4.68 Å². The lowest BCUT2D eigenvalue weighted by atomic mass is 10.0. The van der Waals surface area contributed by atoms with Crippen LogP contribution in [0, 0.1) is 13.8 Å². The molecule has 1 aromatic heterocycles. The number of para-hydroxylation sites is 2. The Labute approximate surface area is 145 Å². The lowest BCUT2D eigenvalue weighted by molar-refractivity contribution is -0.0853. The van der Waals surface area contributed by atoms with Gasteiger partial charge in [-0.05, 0) is 38.1 Å². The maximum absolute atomic E-state index is 12.5. The van der Waals surface area contributed by atoms with Gasteiger partial charge in [0.1, 0.15) is 0 Å². The van der Waals surface area contributed by atoms with Gasteiger partial charge in [0.05, 0.1) is 16.9 Å². The van der Waals surface area contributed by atoms with Crippen LogP contribution in [-0.2, 0) is 0 Å². The Morgan fingerprint density at radius 1 is 1.04 bits per heavy atom. The number of hydrogen-bond donors (Lipinski definition) is 2. The summed E-state index contributed by atoms with van der Waals surface area (Å²) in [5.74, 6) is -0.425. The van der Waals surface area contributed by atoms with Crippen LogP contribution in [0.4, 0.5) is 5.69 Å². The Hall–Kier alpha value is -3.12. The molecule has 0 radical (unpaired) electrons. The number of rotatable bonds is 2. The van der Waals surface area contributed by atoms with Crippen LogP contribution in [0.25, 0.3) is 5.69 Å². The molecule has 1 amide bonds. The fourth-order valence-corrected chi connectivity index (χ4v) is 3.31. The summed E-state index contributed by atoms with van der Waals surface area (Å²) >= 11 is 0. The summed E-state index contributed by atoms with van der Waals surface area (Å²) in [6.07, 6.45) is -0.681. The highest BCUT2D eigenvalue weighted by atomic mass is 16.5. The number of nitrogens with zero attached hydrogens (tertiary/aromatic N) is 3. The number of amides is 1. The molecule has 1 atom stereocenters. The molecule has 25 heavy (non-hydrogen) atoms. The van der Waals surface area contributed by atoms with Crippen LogP contribution >= 0.6 is 0 Å². The van der Waals surface area contributed by atoms with Gasteiger partial charge < -0.3 is 5.32 Å². The van der Waals surface area contributed by atoms with Crippen LogP contribution in [0.15, 0.2) is 54.6 Å². The van der Waals surface area contributed by atoms with Gasteiger partial charge in [-0.1, -0.05) is 30.3 Å². The van der Waals surface area contributed by atoms with Crippen molar-refractivity contribution >= 4 is 11.6 Å². The average Bonchev–Trinajstić information content (AvgIpc) is 2.93. The third-order valence-electron chi connectivity index (χ3n) is 4.52. The number of anilines is 1. The molecular weight excluding hydrogens is 316 g/mol. The molecule has 2 N–H and O–H groups in total. The van der Waals surface area contributed by atoms with Crippen molar-refractivity contribution < 1.29 is 10.0 Å². The van der Waals surface area contributed by atoms with Crippen LogP contribution in [0.1, 0.15) is 33.5 Å². The highest BCUT2D eigenvalue weighted by molar-refractivity contribution is 6.01. The van der Waals surface area contributed by atoms with Crippen molar-refractivity contribution in [2.75, 3.05) is 5.32 Å². The molecule has 0 aliphatic carbocycles. The van der Waals surface area contributed by atoms with Crippen molar-refractivity contribution in [2.45, 2.75) is 20.0 Å². The highest BCUT2D eigenvalue weighted by Crippen LogP contribution is 2.34. The second kappa shape index (κ2) is 5.75. The molecule has 0 unspecified atom stereocenters. The predicted octanol–water partition coefficient (Wildman–Crippen LogP) is 3.44. The molecule has 0 spiro atoms. The summed E-state index contributed by atoms with van der Waals surface area (Å²) in [5, 5.41) is 19.0. The average molecular weight is 334 g/mol. The minimum atomic E-state index is -0.681. The molecule has 4 rings (SSSR count). The standard InChI is InChI=1S/C19H18N4O2/c1-12-17(13(2)22(21-12)14-8-4-3-5-9-14)18-20-16-11-7-6-10-15(16)19(24)23(18)25/h3-11,18,20,25H,1-2H3/t18-/m0/s1. The molecule has 0 saturated heterocycles. The zero-order valence-electron chi connectivity index (χ0n) is 14.0. The van der Waals surface area contributed by atoms with Crippen molar-refractivity contribution in [1.29, 1.82) is 0 Å². The van der Waals surface area contributed by atoms with E-state index in [1.54, 1.807) is 12.1 Å². The first kappa shape index (κ1) is 15.4. The molecule has 2 heterocycles. The van der Waals surface area contributed by atoms with E-state index in [2.05, 4.69) is 10.4 Å². The van der Waals surface area contributed by atoms with Gasteiger partial charge in [-0.3, -0.25) is 10.0 Å². The number of aromatic nitrogens is 2. The first-order chi connectivity index (χ1) is 12.1. The summed E-state index contributed by atoms with van der Waals surface area (Å²) < 4.78 is 1.82. The van der Waals surface area contributed by atoms with Crippen molar-refractivity contribution in [3.63, 3.8) is 0 Å². The van der Waals surface area contributed by atoms with Gasteiger partial charge >= 0.3 is 0 Å². The first-order valence-electron chi connectivity index (χ1n) is 8.07. The summed E-state index contributed by atoms with van der Waals surface area (Å²) in [4.78, 5) is 12.5. The van der Waals surface area contributed by atoms with Crippen molar-refractivity contribution in [2.24, 2.45) is 0 Å². The smallest absolute Gasteiger partial charge is 0.281 e. The van der Waals surface area contributed by atoms with E-state index in [4.69, 9.17) is 0 Å². The molecule has 0 bridgehead atoms. The fraction of sp³-hybridized carbons (Fsp3) is 0.158. The molecule has 3 aromatic rings. The molecule has 2 aromatic carbocycles. The lowest BCUT2D eigenvalue weighted by Gasteiger charge is -2.33. The number of carbonyl (C=O) groups excluding carboxylic acids is 1. The van der Waals surface area contributed by atoms with Gasteiger partial charge in [0.15, 0.2) is 6.17 Å². The zero-order chi connectivity index (χ0) is 17.6. The van der Waals surface area contributed by atoms with Crippen LogP contribution < -0.4 is 5.32 Å². The van der Waals surface area contributed by atoms with Crippen LogP contribution in [0.5, 0.6) is 0 Å². The van der Waals surface area contributed by atoms with Crippen LogP contribution in [-0.4, -0.2) is 26.0 Å². The van der Waals surface area contributed by atoms with Crippen LogP contribution in [0.2, 0.25) is 0 Å². The molecule has 6 nitrogen and oxygen atoms in total. The van der Waals surface area contributed by atoms with Crippen molar-refractivity contribution in [1.82, 2.24) is 14.8 Å². The minimum absolute atomic E-state index is 0.425. The Morgan fingerprint density at radius 3 is 2.48 bits per heavy atom. The topological polar surface area (TPSA) is 70.4 Å². The Balaban J connectivity index is 1.81. The quantitative estimate of drug-likeness (QED) is 0.704. The number of carbonyl (C=O) groups is 1. The van der Waals surface area contributed by atoms with E-state index in [1.807, 2.05) is 61.0 Å². The monoisotopic (exact) mass is 334 g/mol. The first-order valence-corrected chi connectivity index (χ1v) is 8.07. The molecule has 126 valence electrons. The molecule has 6 heteroatoms. The van der Waals surface area contributed by atoms with E-state index in [1.165, 1.54) is 0 Å². The van der Waals surface area contributed by atoms with E-state index in [-0.39, 0.29) is 0 Å². The van der Waals surface area contributed by atoms with E-state index >= 15 is 0 Å². The van der Waals surface area contributed by atoms with Gasteiger partial charge in [0.25, 0.3) is 5.91 Å². The van der Waals surface area contributed by atoms with Crippen molar-refractivity contribution in [3.05, 3.63) is 77.1 Å². The molecule has 0 fully saturated rings. The van der Waals surface area contributed by atoms with Gasteiger partial charge in [-0.2, -0.15) is 10.2 Å². The number of fused-ring (bicyclic) bond motifs is 1. The molecule has 0 saturated carbocycles. The SMILES string of the molecule is Cc1nn(-c2ccccc2)c(C)c1[C@H]1Nc2ccccc2C(=O)N1O. The summed E-state index contributed by atoms with van der Waals surface area (Å²) in [6.45, 7) is 3.81. The summed E-state index contributed by atoms with van der Waals surface area (Å²) in [5.41, 5.74) is 4.49. The normalized spacial score (nSPS) is 16.5. The number of hydrogen-bond acceptors (Lipinski definition) is 4. The number of hydroxylamine groups is 2. The van der Waals surface area contributed by atoms with Crippen molar-refractivity contribution in [3.8, 4) is 5.69 Å². The number of benzene rings is 2. The van der Waals surface area contributed by atoms with E-state index < -0.39 is 12.1 Å². The molecule has 1 aliphatic rings. The predicted molar refractivity (Wildman–Crippen MR) is 93.8 cm³/mol. The lowest BCUT2D eigenvalue weighted by Crippen LogP contribution is -2.41. The highest BCUT2D eigenvalue weighted by Gasteiger charge is 2.35. The van der Waals surface area contributed by atoms with E-state index in [9.17, 15) is 10.0 Å². The van der Waals surface area contributed by atoms with E-state index in [0.29, 0.717) is 11.3 Å². The second-order valence-electron chi connectivity index (χ2n) is 6.07. The third-order valence-corrected chi connectivity index (χ3v) is 4.52. The third kappa shape index (κ3) is 2.38. The summed E-state index contributed by atoms with van der Waals surface area (Å²) in [6, 6.07) is 16.9. The Bertz CT molecular complexity index is 949. The number of nitrogens with one attached hydrogen (secondary N) is 1. The maximum atomic E-state index is 12.5. The van der Waals surface area contributed by atoms with Crippen LogP contribution in [0.3, 0.4) is 0 Å². The zero-order valence-corrected chi connectivity index (χ0v) is 14.0. The molecule has 1 aliphatic heterocycles. The number of aryl methyl sites for hydroxylation is 1. The van der Waals surface area contributed by atoms with Gasteiger partial charge in [0, 0.05) is 16.9 Å². The summed E-state index contributed by atoms with van der Waals surface area (Å²) in [7, 11) is 0. The maximum Gasteiger partial charge on any atom is 0.281 e.